The van der Waals surface area contributed by atoms with Gasteiger partial charge in [-0.05, 0) is 57.5 Å². The van der Waals surface area contributed by atoms with Crippen molar-refractivity contribution in [3.05, 3.63) is 82.4 Å². The molecule has 3 rings (SSSR count). The fraction of sp³-hybridized carbons (Fsp3) is 0.238. The van der Waals surface area contributed by atoms with Crippen molar-refractivity contribution in [2.24, 2.45) is 0 Å². The molecule has 0 unspecified atom stereocenters. The monoisotopic (exact) mass is 333 g/mol. The van der Waals surface area contributed by atoms with Crippen LogP contribution in [0.3, 0.4) is 0 Å². The van der Waals surface area contributed by atoms with Gasteiger partial charge in [0.1, 0.15) is 0 Å². The quantitative estimate of drug-likeness (QED) is 0.768. The number of pyridine rings is 1. The molecule has 25 heavy (non-hydrogen) atoms. The number of hydrogen-bond donors (Lipinski definition) is 1. The number of rotatable bonds is 4. The Morgan fingerprint density at radius 1 is 1.08 bits per heavy atom. The number of amides is 1. The normalized spacial score (nSPS) is 10.7. The van der Waals surface area contributed by atoms with Crippen LogP contribution in [-0.4, -0.2) is 15.5 Å². The van der Waals surface area contributed by atoms with Crippen LogP contribution in [-0.2, 0) is 6.54 Å². The summed E-state index contributed by atoms with van der Waals surface area (Å²) in [5.41, 5.74) is 6.78. The molecule has 128 valence electrons. The average molecular weight is 333 g/mol. The Kier molecular flexibility index (Phi) is 4.70. The first-order valence-electron chi connectivity index (χ1n) is 8.41. The largest absolute Gasteiger partial charge is 0.342 e. The van der Waals surface area contributed by atoms with E-state index >= 15 is 0 Å². The predicted octanol–water partition coefficient (Wildman–Crippen LogP) is 4.42. The molecular weight excluding hydrogens is 310 g/mol. The number of hydrogen-bond acceptors (Lipinski definition) is 2. The Morgan fingerprint density at radius 2 is 1.88 bits per heavy atom. The molecule has 0 bridgehead atoms. The summed E-state index contributed by atoms with van der Waals surface area (Å²) in [5.74, 6) is -0.0766. The molecule has 3 aromatic rings. The van der Waals surface area contributed by atoms with Gasteiger partial charge in [-0.15, -0.1) is 0 Å². The Balaban J connectivity index is 1.85. The van der Waals surface area contributed by atoms with E-state index in [4.69, 9.17) is 0 Å². The van der Waals surface area contributed by atoms with Crippen molar-refractivity contribution in [1.82, 2.24) is 9.55 Å². The molecule has 2 heterocycles. The van der Waals surface area contributed by atoms with Crippen LogP contribution in [0, 0.1) is 27.7 Å². The Morgan fingerprint density at radius 3 is 2.56 bits per heavy atom. The smallest absolute Gasteiger partial charge is 0.257 e. The van der Waals surface area contributed by atoms with Gasteiger partial charge in [0.15, 0.2) is 0 Å². The van der Waals surface area contributed by atoms with E-state index in [1.54, 1.807) is 6.20 Å². The number of nitrogens with one attached hydrogen (secondary N) is 1. The van der Waals surface area contributed by atoms with Gasteiger partial charge in [-0.2, -0.15) is 0 Å². The number of aromatic nitrogens is 2. The number of carbonyl (C=O) groups is 1. The lowest BCUT2D eigenvalue weighted by Crippen LogP contribution is -2.14. The van der Waals surface area contributed by atoms with Crippen molar-refractivity contribution >= 4 is 11.6 Å². The van der Waals surface area contributed by atoms with Crippen molar-refractivity contribution < 1.29 is 4.79 Å². The lowest BCUT2D eigenvalue weighted by molar-refractivity contribution is 0.102. The van der Waals surface area contributed by atoms with Crippen LogP contribution in [0.15, 0.2) is 48.7 Å². The van der Waals surface area contributed by atoms with E-state index in [1.165, 1.54) is 5.56 Å². The zero-order valence-corrected chi connectivity index (χ0v) is 15.1. The van der Waals surface area contributed by atoms with Crippen molar-refractivity contribution in [1.29, 1.82) is 0 Å². The zero-order chi connectivity index (χ0) is 18.0. The molecule has 1 amide bonds. The summed E-state index contributed by atoms with van der Waals surface area (Å²) in [6.45, 7) is 8.71. The van der Waals surface area contributed by atoms with Gasteiger partial charge in [0, 0.05) is 23.3 Å². The predicted molar refractivity (Wildman–Crippen MR) is 101 cm³/mol. The summed E-state index contributed by atoms with van der Waals surface area (Å²) >= 11 is 0. The highest BCUT2D eigenvalue weighted by atomic mass is 16.1. The first-order chi connectivity index (χ1) is 12.0. The molecule has 0 spiro atoms. The number of aryl methyl sites for hydroxylation is 3. The minimum absolute atomic E-state index is 0.0766. The van der Waals surface area contributed by atoms with Crippen LogP contribution in [0.2, 0.25) is 0 Å². The third-order valence-electron chi connectivity index (χ3n) is 4.49. The number of carbonyl (C=O) groups excluding carboxylic acids is 1. The van der Waals surface area contributed by atoms with E-state index in [0.717, 1.165) is 28.3 Å². The third-order valence-corrected chi connectivity index (χ3v) is 4.49. The van der Waals surface area contributed by atoms with E-state index < -0.39 is 0 Å². The van der Waals surface area contributed by atoms with E-state index in [-0.39, 0.29) is 5.91 Å². The van der Waals surface area contributed by atoms with E-state index in [1.807, 2.05) is 64.1 Å². The molecule has 0 aliphatic carbocycles. The second kappa shape index (κ2) is 6.93. The Hall–Kier alpha value is -2.88. The van der Waals surface area contributed by atoms with Gasteiger partial charge in [0.05, 0.1) is 17.8 Å². The molecule has 1 aromatic carbocycles. The van der Waals surface area contributed by atoms with Crippen LogP contribution >= 0.6 is 0 Å². The van der Waals surface area contributed by atoms with E-state index in [0.29, 0.717) is 12.1 Å². The van der Waals surface area contributed by atoms with Crippen molar-refractivity contribution in [3.8, 4) is 0 Å². The summed E-state index contributed by atoms with van der Waals surface area (Å²) in [5, 5.41) is 3.03. The fourth-order valence-electron chi connectivity index (χ4n) is 3.07. The molecule has 0 atom stereocenters. The lowest BCUT2D eigenvalue weighted by atomic mass is 10.1. The highest BCUT2D eigenvalue weighted by molar-refractivity contribution is 6.05. The van der Waals surface area contributed by atoms with Crippen LogP contribution in [0.1, 0.15) is 38.6 Å². The maximum Gasteiger partial charge on any atom is 0.257 e. The molecule has 0 saturated carbocycles. The molecule has 2 aromatic heterocycles. The van der Waals surface area contributed by atoms with Gasteiger partial charge in [-0.3, -0.25) is 9.78 Å². The van der Waals surface area contributed by atoms with Gasteiger partial charge in [0.2, 0.25) is 0 Å². The number of nitrogens with zero attached hydrogens (tertiary/aromatic N) is 2. The first-order valence-corrected chi connectivity index (χ1v) is 8.41. The number of anilines is 1. The molecule has 0 aliphatic heterocycles. The van der Waals surface area contributed by atoms with Crippen molar-refractivity contribution in [2.45, 2.75) is 34.2 Å². The van der Waals surface area contributed by atoms with Gasteiger partial charge in [0.25, 0.3) is 5.91 Å². The topological polar surface area (TPSA) is 46.9 Å². The van der Waals surface area contributed by atoms with E-state index in [9.17, 15) is 4.79 Å². The second-order valence-corrected chi connectivity index (χ2v) is 6.46. The maximum absolute atomic E-state index is 12.7. The van der Waals surface area contributed by atoms with Gasteiger partial charge in [-0.1, -0.05) is 23.8 Å². The Labute approximate surface area is 148 Å². The molecule has 0 fully saturated rings. The SMILES string of the molecule is Cc1ccc(NC(=O)c2cc(C)n(Cc3ccccn3)c2C)c(C)c1. The summed E-state index contributed by atoms with van der Waals surface area (Å²) in [6, 6.07) is 13.8. The summed E-state index contributed by atoms with van der Waals surface area (Å²) < 4.78 is 2.12. The molecule has 4 heteroatoms. The fourth-order valence-corrected chi connectivity index (χ4v) is 3.07. The van der Waals surface area contributed by atoms with Crippen LogP contribution in [0.5, 0.6) is 0 Å². The average Bonchev–Trinajstić information content (AvgIpc) is 2.86. The minimum atomic E-state index is -0.0766. The zero-order valence-electron chi connectivity index (χ0n) is 15.1. The molecule has 0 saturated heterocycles. The molecule has 1 N–H and O–H groups in total. The summed E-state index contributed by atoms with van der Waals surface area (Å²) in [7, 11) is 0. The lowest BCUT2D eigenvalue weighted by Gasteiger charge is -2.11. The highest BCUT2D eigenvalue weighted by Crippen LogP contribution is 2.21. The third kappa shape index (κ3) is 3.63. The van der Waals surface area contributed by atoms with Gasteiger partial charge < -0.3 is 9.88 Å². The molecule has 4 nitrogen and oxygen atoms in total. The molecule has 0 radical (unpaired) electrons. The minimum Gasteiger partial charge on any atom is -0.342 e. The second-order valence-electron chi connectivity index (χ2n) is 6.46. The highest BCUT2D eigenvalue weighted by Gasteiger charge is 2.16. The van der Waals surface area contributed by atoms with E-state index in [2.05, 4.69) is 20.9 Å². The van der Waals surface area contributed by atoms with Crippen LogP contribution in [0.4, 0.5) is 5.69 Å². The van der Waals surface area contributed by atoms with Crippen LogP contribution in [0.25, 0.3) is 0 Å². The standard InChI is InChI=1S/C21H23N3O/c1-14-8-9-20(15(2)11-14)23-21(25)19-12-16(3)24(17(19)4)13-18-7-5-6-10-22-18/h5-12H,13H2,1-4H3,(H,23,25). The molecular formula is C21H23N3O. The van der Waals surface area contributed by atoms with Crippen molar-refractivity contribution in [2.75, 3.05) is 5.32 Å². The summed E-state index contributed by atoms with van der Waals surface area (Å²) in [6.07, 6.45) is 1.79. The maximum atomic E-state index is 12.7. The van der Waals surface area contributed by atoms with Gasteiger partial charge in [-0.25, -0.2) is 0 Å². The molecule has 0 aliphatic rings. The van der Waals surface area contributed by atoms with Crippen molar-refractivity contribution in [3.63, 3.8) is 0 Å². The summed E-state index contributed by atoms with van der Waals surface area (Å²) in [4.78, 5) is 17.1. The number of benzene rings is 1. The van der Waals surface area contributed by atoms with Gasteiger partial charge >= 0.3 is 0 Å². The first kappa shape index (κ1) is 17.0. The Bertz CT molecular complexity index is 910. The van der Waals surface area contributed by atoms with Crippen LogP contribution < -0.4 is 5.32 Å².